The molecule has 2 N–H and O–H groups in total. The normalized spacial score (nSPS) is 15.0. The van der Waals surface area contributed by atoms with Gasteiger partial charge in [0.25, 0.3) is 5.91 Å². The average Bonchev–Trinajstić information content (AvgIpc) is 2.75. The summed E-state index contributed by atoms with van der Waals surface area (Å²) in [6.45, 7) is 0.0403. The molecule has 0 spiro atoms. The number of nitrogens with one attached hydrogen (secondary N) is 2. The molecule has 1 aliphatic heterocycles. The lowest BCUT2D eigenvalue weighted by molar-refractivity contribution is -0.124. The lowest BCUT2D eigenvalue weighted by atomic mass is 10.1. The molecule has 0 aliphatic carbocycles. The van der Waals surface area contributed by atoms with E-state index >= 15 is 0 Å². The molecule has 0 bridgehead atoms. The van der Waals surface area contributed by atoms with Crippen molar-refractivity contribution in [1.29, 1.82) is 0 Å². The van der Waals surface area contributed by atoms with Crippen LogP contribution in [0.5, 0.6) is 11.5 Å². The lowest BCUT2D eigenvalue weighted by Gasteiger charge is -2.26. The molecule has 29 heavy (non-hydrogen) atoms. The van der Waals surface area contributed by atoms with Gasteiger partial charge in [0.05, 0.1) is 12.1 Å². The number of carbonyl (C=O) groups excluding carboxylic acids is 2. The topological polar surface area (TPSA) is 107 Å². The van der Waals surface area contributed by atoms with E-state index in [1.807, 2.05) is 18.2 Å². The number of benzene rings is 2. The summed E-state index contributed by atoms with van der Waals surface area (Å²) in [5.74, 6) is 0.0586. The highest BCUT2D eigenvalue weighted by Crippen LogP contribution is 2.30. The van der Waals surface area contributed by atoms with Gasteiger partial charge in [0.1, 0.15) is 12.7 Å². The van der Waals surface area contributed by atoms with Gasteiger partial charge < -0.3 is 24.5 Å². The van der Waals surface area contributed by atoms with Gasteiger partial charge in [0.2, 0.25) is 5.56 Å². The number of aromatic amines is 1. The molecule has 1 aromatic heterocycles. The Morgan fingerprint density at radius 3 is 2.72 bits per heavy atom. The third kappa shape index (κ3) is 4.21. The summed E-state index contributed by atoms with van der Waals surface area (Å²) in [5.41, 5.74) is 0.207. The molecule has 2 heterocycles. The SMILES string of the molecule is O=C(COC(=O)c1cc(=O)[nH]c2ccccc12)NC[C@@H]1COc2ccccc2O1. The summed E-state index contributed by atoms with van der Waals surface area (Å²) in [7, 11) is 0. The molecule has 0 unspecified atom stereocenters. The van der Waals surface area contributed by atoms with Gasteiger partial charge in [-0.1, -0.05) is 30.3 Å². The molecule has 8 nitrogen and oxygen atoms in total. The summed E-state index contributed by atoms with van der Waals surface area (Å²) in [5, 5.41) is 3.19. The number of aromatic nitrogens is 1. The first kappa shape index (κ1) is 18.5. The van der Waals surface area contributed by atoms with E-state index in [1.165, 1.54) is 0 Å². The minimum absolute atomic E-state index is 0.109. The molecule has 8 heteroatoms. The van der Waals surface area contributed by atoms with Crippen LogP contribution in [0.1, 0.15) is 10.4 Å². The van der Waals surface area contributed by atoms with Gasteiger partial charge in [-0.2, -0.15) is 0 Å². The maximum Gasteiger partial charge on any atom is 0.339 e. The smallest absolute Gasteiger partial charge is 0.339 e. The fourth-order valence-corrected chi connectivity index (χ4v) is 3.02. The molecular weight excluding hydrogens is 376 g/mol. The molecule has 3 aromatic rings. The third-order valence-electron chi connectivity index (χ3n) is 4.40. The number of para-hydroxylation sites is 3. The molecule has 148 valence electrons. The fourth-order valence-electron chi connectivity index (χ4n) is 3.02. The van der Waals surface area contributed by atoms with Crippen LogP contribution in [0.15, 0.2) is 59.4 Å². The monoisotopic (exact) mass is 394 g/mol. The van der Waals surface area contributed by atoms with E-state index in [0.717, 1.165) is 6.07 Å². The summed E-state index contributed by atoms with van der Waals surface area (Å²) in [6, 6.07) is 15.3. The lowest BCUT2D eigenvalue weighted by Crippen LogP contribution is -2.42. The number of carbonyl (C=O) groups is 2. The number of esters is 1. The average molecular weight is 394 g/mol. The van der Waals surface area contributed by atoms with Gasteiger partial charge in [0, 0.05) is 17.0 Å². The number of rotatable bonds is 5. The van der Waals surface area contributed by atoms with Crippen LogP contribution in [-0.4, -0.2) is 42.7 Å². The second-order valence-corrected chi connectivity index (χ2v) is 6.47. The third-order valence-corrected chi connectivity index (χ3v) is 4.40. The van der Waals surface area contributed by atoms with Crippen molar-refractivity contribution < 1.29 is 23.8 Å². The number of fused-ring (bicyclic) bond motifs is 2. The molecular formula is C21H18N2O6. The molecule has 0 saturated heterocycles. The molecule has 1 amide bonds. The number of amides is 1. The number of H-pyrrole nitrogens is 1. The predicted molar refractivity (Wildman–Crippen MR) is 104 cm³/mol. The Hall–Kier alpha value is -3.81. The Morgan fingerprint density at radius 1 is 1.10 bits per heavy atom. The molecule has 4 rings (SSSR count). The Balaban J connectivity index is 1.31. The van der Waals surface area contributed by atoms with E-state index in [0.29, 0.717) is 29.0 Å². The Kier molecular flexibility index (Phi) is 5.15. The van der Waals surface area contributed by atoms with Crippen LogP contribution in [0, 0.1) is 0 Å². The summed E-state index contributed by atoms with van der Waals surface area (Å²) in [6.07, 6.45) is -0.346. The van der Waals surface area contributed by atoms with Crippen molar-refractivity contribution in [3.05, 3.63) is 70.5 Å². The highest BCUT2D eigenvalue weighted by Gasteiger charge is 2.21. The van der Waals surface area contributed by atoms with Crippen LogP contribution in [0.3, 0.4) is 0 Å². The number of hydrogen-bond acceptors (Lipinski definition) is 6. The zero-order valence-electron chi connectivity index (χ0n) is 15.3. The maximum atomic E-state index is 12.4. The van der Waals surface area contributed by atoms with Crippen molar-refractivity contribution in [2.75, 3.05) is 19.8 Å². The number of pyridine rings is 1. The minimum Gasteiger partial charge on any atom is -0.486 e. The van der Waals surface area contributed by atoms with Gasteiger partial charge in [-0.25, -0.2) is 4.79 Å². The first-order chi connectivity index (χ1) is 14.1. The molecule has 1 atom stereocenters. The van der Waals surface area contributed by atoms with Crippen molar-refractivity contribution in [3.63, 3.8) is 0 Å². The van der Waals surface area contributed by atoms with E-state index in [1.54, 1.807) is 30.3 Å². The van der Waals surface area contributed by atoms with E-state index in [4.69, 9.17) is 14.2 Å². The Morgan fingerprint density at radius 2 is 1.86 bits per heavy atom. The quantitative estimate of drug-likeness (QED) is 0.637. The maximum absolute atomic E-state index is 12.4. The van der Waals surface area contributed by atoms with Crippen molar-refractivity contribution in [1.82, 2.24) is 10.3 Å². The van der Waals surface area contributed by atoms with Crippen LogP contribution < -0.4 is 20.3 Å². The van der Waals surface area contributed by atoms with Crippen LogP contribution >= 0.6 is 0 Å². The van der Waals surface area contributed by atoms with Crippen molar-refractivity contribution in [2.24, 2.45) is 0 Å². The Bertz CT molecular complexity index is 1120. The number of hydrogen-bond donors (Lipinski definition) is 2. The fraction of sp³-hybridized carbons (Fsp3) is 0.190. The minimum atomic E-state index is -0.742. The first-order valence-corrected chi connectivity index (χ1v) is 9.04. The standard InChI is InChI=1S/C21H18N2O6/c24-19-9-15(14-5-1-2-6-16(14)23-19)21(26)28-12-20(25)22-10-13-11-27-17-7-3-4-8-18(17)29-13/h1-9,13H,10-12H2,(H,22,25)(H,23,24)/t13-/m1/s1. The molecule has 2 aromatic carbocycles. The predicted octanol–water partition coefficient (Wildman–Crippen LogP) is 1.64. The van der Waals surface area contributed by atoms with Crippen LogP contribution in [0.25, 0.3) is 10.9 Å². The summed E-state index contributed by atoms with van der Waals surface area (Å²) in [4.78, 5) is 38.8. The van der Waals surface area contributed by atoms with E-state index in [2.05, 4.69) is 10.3 Å². The van der Waals surface area contributed by atoms with Gasteiger partial charge in [-0.15, -0.1) is 0 Å². The molecule has 0 radical (unpaired) electrons. The molecule has 1 aliphatic rings. The highest BCUT2D eigenvalue weighted by molar-refractivity contribution is 6.03. The van der Waals surface area contributed by atoms with Gasteiger partial charge in [-0.3, -0.25) is 9.59 Å². The van der Waals surface area contributed by atoms with Crippen molar-refractivity contribution >= 4 is 22.8 Å². The van der Waals surface area contributed by atoms with Gasteiger partial charge in [0.15, 0.2) is 18.1 Å². The van der Waals surface area contributed by atoms with E-state index in [-0.39, 0.29) is 18.2 Å². The van der Waals surface area contributed by atoms with Gasteiger partial charge >= 0.3 is 5.97 Å². The van der Waals surface area contributed by atoms with Crippen molar-refractivity contribution in [3.8, 4) is 11.5 Å². The van der Waals surface area contributed by atoms with Crippen LogP contribution in [0.2, 0.25) is 0 Å². The van der Waals surface area contributed by atoms with E-state index < -0.39 is 24.0 Å². The highest BCUT2D eigenvalue weighted by atomic mass is 16.6. The van der Waals surface area contributed by atoms with Crippen molar-refractivity contribution in [2.45, 2.75) is 6.10 Å². The van der Waals surface area contributed by atoms with Crippen LogP contribution in [0.4, 0.5) is 0 Å². The zero-order chi connectivity index (χ0) is 20.2. The number of ether oxygens (including phenoxy) is 3. The second-order valence-electron chi connectivity index (χ2n) is 6.47. The second kappa shape index (κ2) is 8.05. The van der Waals surface area contributed by atoms with Gasteiger partial charge in [-0.05, 0) is 18.2 Å². The Labute approximate surface area is 165 Å². The summed E-state index contributed by atoms with van der Waals surface area (Å²) < 4.78 is 16.4. The summed E-state index contributed by atoms with van der Waals surface area (Å²) >= 11 is 0. The largest absolute Gasteiger partial charge is 0.486 e. The first-order valence-electron chi connectivity index (χ1n) is 9.04. The molecule has 0 saturated carbocycles. The zero-order valence-corrected chi connectivity index (χ0v) is 15.3. The van der Waals surface area contributed by atoms with E-state index in [9.17, 15) is 14.4 Å². The molecule has 0 fully saturated rings. The van der Waals surface area contributed by atoms with Crippen LogP contribution in [-0.2, 0) is 9.53 Å².